The lowest BCUT2D eigenvalue weighted by molar-refractivity contribution is -0.123. The number of nitrogens with zero attached hydrogens (tertiary/aromatic N) is 1. The fourth-order valence-electron chi connectivity index (χ4n) is 2.22. The van der Waals surface area contributed by atoms with Crippen LogP contribution < -0.4 is 10.7 Å². The van der Waals surface area contributed by atoms with Crippen LogP contribution >= 0.6 is 70.4 Å². The van der Waals surface area contributed by atoms with Gasteiger partial charge in [-0.15, -0.1) is 0 Å². The Morgan fingerprint density at radius 1 is 1.07 bits per heavy atom. The molecule has 1 heterocycles. The topological polar surface area (TPSA) is 81.7 Å². The Morgan fingerprint density at radius 3 is 2.34 bits per heavy atom. The van der Waals surface area contributed by atoms with Gasteiger partial charge in [0.05, 0.1) is 25.0 Å². The van der Waals surface area contributed by atoms with E-state index in [9.17, 15) is 14.7 Å². The molecule has 0 aliphatic carbocycles. The largest absolute Gasteiger partial charge is 0.505 e. The number of nitrogens with one attached hydrogen (secondary N) is 2. The van der Waals surface area contributed by atoms with Crippen molar-refractivity contribution in [1.82, 2.24) is 10.4 Å². The highest BCUT2D eigenvalue weighted by Crippen LogP contribution is 2.36. The summed E-state index contributed by atoms with van der Waals surface area (Å²) >= 11 is 29.7. The van der Waals surface area contributed by atoms with E-state index in [-0.39, 0.29) is 30.0 Å². The number of rotatable bonds is 3. The van der Waals surface area contributed by atoms with Crippen LogP contribution in [0.1, 0.15) is 5.56 Å². The first-order valence-corrected chi connectivity index (χ1v) is 10.4. The van der Waals surface area contributed by atoms with Crippen LogP contribution in [0.4, 0.5) is 10.5 Å². The number of hydrogen-bond donors (Lipinski definition) is 3. The number of anilines is 1. The van der Waals surface area contributed by atoms with Gasteiger partial charge in [-0.25, -0.2) is 10.2 Å². The van der Waals surface area contributed by atoms with Gasteiger partial charge >= 0.3 is 6.03 Å². The summed E-state index contributed by atoms with van der Waals surface area (Å²) in [6.45, 7) is 0. The third-order valence-electron chi connectivity index (χ3n) is 3.52. The first-order valence-electron chi connectivity index (χ1n) is 7.64. The van der Waals surface area contributed by atoms with E-state index < -0.39 is 11.9 Å². The van der Waals surface area contributed by atoms with E-state index in [4.69, 9.17) is 58.6 Å². The lowest BCUT2D eigenvalue weighted by atomic mass is 10.2. The van der Waals surface area contributed by atoms with Crippen molar-refractivity contribution in [3.63, 3.8) is 0 Å². The molecule has 2 aromatic rings. The zero-order valence-electron chi connectivity index (χ0n) is 14.0. The quantitative estimate of drug-likeness (QED) is 0.353. The highest BCUT2D eigenvalue weighted by Gasteiger charge is 2.33. The summed E-state index contributed by atoms with van der Waals surface area (Å²) in [7, 11) is 0. The number of carbonyl (C=O) groups excluding carboxylic acids is 2. The van der Waals surface area contributed by atoms with Crippen LogP contribution in [0.25, 0.3) is 6.08 Å². The van der Waals surface area contributed by atoms with Gasteiger partial charge in [0.25, 0.3) is 5.91 Å². The van der Waals surface area contributed by atoms with Gasteiger partial charge in [0, 0.05) is 5.69 Å². The van der Waals surface area contributed by atoms with Gasteiger partial charge in [0.15, 0.2) is 10.1 Å². The lowest BCUT2D eigenvalue weighted by Crippen LogP contribution is -2.46. The van der Waals surface area contributed by atoms with Crippen molar-refractivity contribution in [1.29, 1.82) is 0 Å². The van der Waals surface area contributed by atoms with E-state index in [0.29, 0.717) is 16.3 Å². The minimum absolute atomic E-state index is 0.0401. The van der Waals surface area contributed by atoms with Crippen LogP contribution in [0.3, 0.4) is 0 Å². The van der Waals surface area contributed by atoms with Crippen LogP contribution in [0.5, 0.6) is 5.75 Å². The van der Waals surface area contributed by atoms with Gasteiger partial charge in [-0.05, 0) is 54.2 Å². The Hall–Kier alpha value is -1.68. The van der Waals surface area contributed by atoms with E-state index in [1.54, 1.807) is 6.07 Å². The highest BCUT2D eigenvalue weighted by atomic mass is 35.5. The second-order valence-corrected chi connectivity index (χ2v) is 8.85. The number of phenolic OH excluding ortho intramolecular Hbond substituents is 1. The van der Waals surface area contributed by atoms with Crippen molar-refractivity contribution in [2.45, 2.75) is 0 Å². The van der Waals surface area contributed by atoms with Crippen molar-refractivity contribution in [2.24, 2.45) is 0 Å². The molecule has 0 bridgehead atoms. The van der Waals surface area contributed by atoms with Crippen LogP contribution in [-0.2, 0) is 4.79 Å². The summed E-state index contributed by atoms with van der Waals surface area (Å²) in [4.78, 5) is 25.0. The number of halogens is 4. The number of thiocarbonyl (C=S) groups is 1. The SMILES string of the molecule is O=C(Nc1ccc(Cl)c(Cl)c1)NN1C(=O)/C(=C/c2cc(Cl)c(O)c(Cl)c2)SC1=S. The number of urea groups is 1. The van der Waals surface area contributed by atoms with E-state index >= 15 is 0 Å². The standard InChI is InChI=1S/C17H9Cl4N3O3S2/c18-9-2-1-8(6-10(9)19)22-16(27)23-24-15(26)13(29-17(24)28)5-7-3-11(20)14(25)12(21)4-7/h1-6,25H,(H2,22,23,27)/b13-5-. The molecule has 3 N–H and O–H groups in total. The van der Waals surface area contributed by atoms with Gasteiger partial charge in [-0.3, -0.25) is 4.79 Å². The number of aromatic hydroxyl groups is 1. The molecule has 3 amide bonds. The molecule has 0 atom stereocenters. The number of thioether (sulfide) groups is 1. The summed E-state index contributed by atoms with van der Waals surface area (Å²) in [6, 6.07) is 6.73. The van der Waals surface area contributed by atoms with Crippen molar-refractivity contribution in [2.75, 3.05) is 5.32 Å². The fourth-order valence-corrected chi connectivity index (χ4v) is 4.20. The maximum Gasteiger partial charge on any atom is 0.338 e. The minimum Gasteiger partial charge on any atom is -0.505 e. The van der Waals surface area contributed by atoms with Crippen molar-refractivity contribution >= 4 is 98.4 Å². The van der Waals surface area contributed by atoms with Crippen LogP contribution in [0.15, 0.2) is 35.2 Å². The average Bonchev–Trinajstić information content (AvgIpc) is 2.90. The molecule has 2 aromatic carbocycles. The van der Waals surface area contributed by atoms with Gasteiger partial charge in [-0.1, -0.05) is 58.2 Å². The maximum absolute atomic E-state index is 12.6. The van der Waals surface area contributed by atoms with Gasteiger partial charge in [0.1, 0.15) is 0 Å². The number of amides is 3. The summed E-state index contributed by atoms with van der Waals surface area (Å²) in [5.41, 5.74) is 3.24. The van der Waals surface area contributed by atoms with E-state index in [1.165, 1.54) is 30.3 Å². The van der Waals surface area contributed by atoms with E-state index in [1.807, 2.05) is 0 Å². The molecule has 0 aromatic heterocycles. The zero-order chi connectivity index (χ0) is 21.3. The Bertz CT molecular complexity index is 1050. The van der Waals surface area contributed by atoms with Crippen LogP contribution in [0.2, 0.25) is 20.1 Å². The van der Waals surface area contributed by atoms with Crippen molar-refractivity contribution in [3.8, 4) is 5.75 Å². The third kappa shape index (κ3) is 5.09. The third-order valence-corrected chi connectivity index (χ3v) is 6.14. The number of benzene rings is 2. The summed E-state index contributed by atoms with van der Waals surface area (Å²) < 4.78 is 0.126. The van der Waals surface area contributed by atoms with Crippen molar-refractivity contribution < 1.29 is 14.7 Å². The molecule has 3 rings (SSSR count). The maximum atomic E-state index is 12.6. The average molecular weight is 509 g/mol. The molecular weight excluding hydrogens is 500 g/mol. The Kier molecular flexibility index (Phi) is 6.83. The summed E-state index contributed by atoms with van der Waals surface area (Å²) in [5.74, 6) is -0.789. The number of hydrazine groups is 1. The molecule has 1 fully saturated rings. The number of hydrogen-bond acceptors (Lipinski definition) is 5. The first kappa shape index (κ1) is 22.0. The molecule has 6 nitrogen and oxygen atoms in total. The molecule has 0 saturated carbocycles. The molecule has 12 heteroatoms. The second kappa shape index (κ2) is 8.99. The first-order chi connectivity index (χ1) is 13.7. The number of carbonyl (C=O) groups is 2. The van der Waals surface area contributed by atoms with Crippen LogP contribution in [-0.4, -0.2) is 26.4 Å². The van der Waals surface area contributed by atoms with E-state index in [2.05, 4.69) is 10.7 Å². The van der Waals surface area contributed by atoms with Gasteiger partial charge in [0.2, 0.25) is 0 Å². The fraction of sp³-hybridized carbons (Fsp3) is 0. The highest BCUT2D eigenvalue weighted by molar-refractivity contribution is 8.26. The van der Waals surface area contributed by atoms with Crippen LogP contribution in [0, 0.1) is 0 Å². The molecule has 29 heavy (non-hydrogen) atoms. The summed E-state index contributed by atoms with van der Waals surface area (Å²) in [6.07, 6.45) is 1.50. The molecule has 1 aliphatic heterocycles. The molecule has 0 radical (unpaired) electrons. The molecular formula is C17H9Cl4N3O3S2. The Balaban J connectivity index is 1.73. The zero-order valence-corrected chi connectivity index (χ0v) is 18.7. The van der Waals surface area contributed by atoms with Gasteiger partial charge in [-0.2, -0.15) is 5.01 Å². The predicted molar refractivity (Wildman–Crippen MR) is 122 cm³/mol. The summed E-state index contributed by atoms with van der Waals surface area (Å²) in [5, 5.41) is 13.8. The molecule has 150 valence electrons. The van der Waals surface area contributed by atoms with Crippen molar-refractivity contribution in [3.05, 3.63) is 60.9 Å². The molecule has 1 aliphatic rings. The Labute approximate surface area is 194 Å². The molecule has 0 spiro atoms. The normalized spacial score (nSPS) is 15.2. The van der Waals surface area contributed by atoms with E-state index in [0.717, 1.165) is 16.8 Å². The minimum atomic E-state index is -0.698. The lowest BCUT2D eigenvalue weighted by Gasteiger charge is -2.16. The molecule has 1 saturated heterocycles. The Morgan fingerprint density at radius 2 is 1.72 bits per heavy atom. The second-order valence-electron chi connectivity index (χ2n) is 5.55. The molecule has 0 unspecified atom stereocenters. The predicted octanol–water partition coefficient (Wildman–Crippen LogP) is 5.94. The number of phenols is 1. The smallest absolute Gasteiger partial charge is 0.338 e. The monoisotopic (exact) mass is 507 g/mol. The van der Waals surface area contributed by atoms with Gasteiger partial charge < -0.3 is 10.4 Å².